The fourth-order valence-electron chi connectivity index (χ4n) is 4.31. The lowest BCUT2D eigenvalue weighted by Crippen LogP contribution is -2.59. The zero-order valence-corrected chi connectivity index (χ0v) is 13.8. The van der Waals surface area contributed by atoms with Crippen molar-refractivity contribution >= 4 is 18.5 Å². The predicted octanol–water partition coefficient (Wildman–Crippen LogP) is 1.80. The monoisotopic (exact) mass is 312 g/mol. The summed E-state index contributed by atoms with van der Waals surface area (Å²) < 4.78 is 5.53. The average Bonchev–Trinajstić information content (AvgIpc) is 2.89. The van der Waals surface area contributed by atoms with Crippen LogP contribution in [0.4, 0.5) is 0 Å². The summed E-state index contributed by atoms with van der Waals surface area (Å²) in [5, 5.41) is 0. The minimum absolute atomic E-state index is 0.211. The molecule has 3 fully saturated rings. The molecule has 2 heterocycles. The van der Waals surface area contributed by atoms with Crippen molar-refractivity contribution in [1.82, 2.24) is 9.80 Å². The van der Waals surface area contributed by atoms with E-state index >= 15 is 0 Å². The van der Waals surface area contributed by atoms with Crippen LogP contribution >= 0.6 is 12.6 Å². The van der Waals surface area contributed by atoms with Gasteiger partial charge in [-0.25, -0.2) is 0 Å². The molecule has 1 aliphatic carbocycles. The van der Waals surface area contributed by atoms with Gasteiger partial charge in [-0.05, 0) is 24.5 Å². The van der Waals surface area contributed by atoms with Gasteiger partial charge in [-0.2, -0.15) is 12.6 Å². The maximum Gasteiger partial charge on any atom is 0.223 e. The molecule has 0 aromatic heterocycles. The summed E-state index contributed by atoms with van der Waals surface area (Å²) in [5.41, 5.74) is 0.211. The lowest BCUT2D eigenvalue weighted by atomic mass is 9.79. The summed E-state index contributed by atoms with van der Waals surface area (Å²) in [6.07, 6.45) is 7.12. The number of hydrogen-bond donors (Lipinski definition) is 1. The van der Waals surface area contributed by atoms with Crippen molar-refractivity contribution in [2.45, 2.75) is 44.1 Å². The number of thiol groups is 1. The molecule has 0 aromatic rings. The van der Waals surface area contributed by atoms with Gasteiger partial charge in [-0.15, -0.1) is 0 Å². The van der Waals surface area contributed by atoms with Crippen LogP contribution in [0.5, 0.6) is 0 Å². The van der Waals surface area contributed by atoms with Crippen LogP contribution < -0.4 is 0 Å². The Morgan fingerprint density at radius 1 is 1.19 bits per heavy atom. The van der Waals surface area contributed by atoms with E-state index < -0.39 is 0 Å². The second kappa shape index (κ2) is 6.88. The van der Waals surface area contributed by atoms with Gasteiger partial charge in [-0.3, -0.25) is 9.69 Å². The van der Waals surface area contributed by atoms with Gasteiger partial charge in [0.2, 0.25) is 5.91 Å². The van der Waals surface area contributed by atoms with Gasteiger partial charge in [0.05, 0.1) is 13.2 Å². The van der Waals surface area contributed by atoms with E-state index in [1.807, 2.05) is 0 Å². The van der Waals surface area contributed by atoms with Crippen molar-refractivity contribution in [2.24, 2.45) is 5.92 Å². The molecular weight excluding hydrogens is 284 g/mol. The molecule has 4 nitrogen and oxygen atoms in total. The molecule has 2 saturated heterocycles. The third kappa shape index (κ3) is 3.40. The largest absolute Gasteiger partial charge is 0.379 e. The highest BCUT2D eigenvalue weighted by molar-refractivity contribution is 7.80. The Morgan fingerprint density at radius 3 is 2.52 bits per heavy atom. The first-order chi connectivity index (χ1) is 10.2. The van der Waals surface area contributed by atoms with Crippen LogP contribution in [0, 0.1) is 5.92 Å². The number of nitrogens with zero attached hydrogens (tertiary/aromatic N) is 2. The van der Waals surface area contributed by atoms with Crippen molar-refractivity contribution in [1.29, 1.82) is 0 Å². The zero-order valence-electron chi connectivity index (χ0n) is 12.9. The van der Waals surface area contributed by atoms with Crippen LogP contribution in [0.2, 0.25) is 0 Å². The van der Waals surface area contributed by atoms with Gasteiger partial charge in [0, 0.05) is 38.1 Å². The van der Waals surface area contributed by atoms with E-state index in [-0.39, 0.29) is 5.54 Å². The molecule has 1 amide bonds. The number of ether oxygens (including phenoxy) is 1. The molecule has 5 heteroatoms. The quantitative estimate of drug-likeness (QED) is 0.804. The summed E-state index contributed by atoms with van der Waals surface area (Å²) in [6, 6.07) is 0. The first-order valence-corrected chi connectivity index (χ1v) is 9.08. The van der Waals surface area contributed by atoms with Gasteiger partial charge in [0.15, 0.2) is 0 Å². The van der Waals surface area contributed by atoms with Crippen molar-refractivity contribution < 1.29 is 9.53 Å². The van der Waals surface area contributed by atoms with E-state index in [4.69, 9.17) is 4.74 Å². The van der Waals surface area contributed by atoms with E-state index in [1.165, 1.54) is 32.1 Å². The van der Waals surface area contributed by atoms with E-state index in [1.54, 1.807) is 0 Å². The molecule has 120 valence electrons. The van der Waals surface area contributed by atoms with Crippen molar-refractivity contribution in [2.75, 3.05) is 45.1 Å². The van der Waals surface area contributed by atoms with Crippen LogP contribution in [0.15, 0.2) is 0 Å². The Labute approximate surface area is 133 Å². The summed E-state index contributed by atoms with van der Waals surface area (Å²) in [6.45, 7) is 5.57. The highest BCUT2D eigenvalue weighted by atomic mass is 32.1. The molecule has 0 aromatic carbocycles. The summed E-state index contributed by atoms with van der Waals surface area (Å²) in [7, 11) is 0. The van der Waals surface area contributed by atoms with Crippen LogP contribution in [-0.2, 0) is 9.53 Å². The fourth-order valence-corrected chi connectivity index (χ4v) is 4.55. The number of carbonyl (C=O) groups is 1. The van der Waals surface area contributed by atoms with Crippen molar-refractivity contribution in [3.05, 3.63) is 0 Å². The van der Waals surface area contributed by atoms with Crippen LogP contribution in [0.25, 0.3) is 0 Å². The van der Waals surface area contributed by atoms with Crippen LogP contribution in [0.3, 0.4) is 0 Å². The maximum absolute atomic E-state index is 12.3. The lowest BCUT2D eigenvalue weighted by Gasteiger charge is -2.49. The zero-order chi connectivity index (χ0) is 14.7. The number of morpholine rings is 1. The molecule has 1 saturated carbocycles. The van der Waals surface area contributed by atoms with E-state index in [0.717, 1.165) is 45.1 Å². The number of carbonyl (C=O) groups excluding carboxylic acids is 1. The summed E-state index contributed by atoms with van der Waals surface area (Å²) >= 11 is 4.38. The molecule has 2 aliphatic heterocycles. The van der Waals surface area contributed by atoms with Gasteiger partial charge in [0.25, 0.3) is 0 Å². The predicted molar refractivity (Wildman–Crippen MR) is 86.7 cm³/mol. The van der Waals surface area contributed by atoms with E-state index in [2.05, 4.69) is 22.4 Å². The third-order valence-electron chi connectivity index (χ3n) is 5.50. The van der Waals surface area contributed by atoms with E-state index in [0.29, 0.717) is 18.2 Å². The molecule has 1 atom stereocenters. The highest BCUT2D eigenvalue weighted by Gasteiger charge is 2.42. The third-order valence-corrected chi connectivity index (χ3v) is 6.02. The summed E-state index contributed by atoms with van der Waals surface area (Å²) in [4.78, 5) is 17.0. The molecule has 0 N–H and O–H groups in total. The minimum atomic E-state index is 0.211. The average molecular weight is 312 g/mol. The first kappa shape index (κ1) is 15.6. The Morgan fingerprint density at radius 2 is 1.90 bits per heavy atom. The molecule has 0 radical (unpaired) electrons. The summed E-state index contributed by atoms with van der Waals surface area (Å²) in [5.74, 6) is 1.62. The van der Waals surface area contributed by atoms with Gasteiger partial charge in [-0.1, -0.05) is 19.3 Å². The Bertz CT molecular complexity index is 365. The van der Waals surface area contributed by atoms with Crippen LogP contribution in [-0.4, -0.2) is 66.4 Å². The smallest absolute Gasteiger partial charge is 0.223 e. The molecule has 0 spiro atoms. The molecule has 3 aliphatic rings. The Kier molecular flexibility index (Phi) is 5.12. The molecule has 1 unspecified atom stereocenters. The van der Waals surface area contributed by atoms with Gasteiger partial charge >= 0.3 is 0 Å². The van der Waals surface area contributed by atoms with Crippen molar-refractivity contribution in [3.63, 3.8) is 0 Å². The Hall–Kier alpha value is -0.260. The minimum Gasteiger partial charge on any atom is -0.379 e. The fraction of sp³-hybridized carbons (Fsp3) is 0.938. The number of likely N-dealkylation sites (tertiary alicyclic amines) is 1. The topological polar surface area (TPSA) is 32.8 Å². The molecule has 3 rings (SSSR count). The maximum atomic E-state index is 12.3. The molecule has 21 heavy (non-hydrogen) atoms. The first-order valence-electron chi connectivity index (χ1n) is 8.45. The van der Waals surface area contributed by atoms with E-state index in [9.17, 15) is 4.79 Å². The van der Waals surface area contributed by atoms with Crippen LogP contribution in [0.1, 0.15) is 38.5 Å². The number of amides is 1. The standard InChI is InChI=1S/C16H28N2O2S/c19-15-10-14(12-21)11-17(15)13-16(4-2-1-3-5-16)18-6-8-20-9-7-18/h14,21H,1-13H2. The molecule has 0 bridgehead atoms. The number of rotatable bonds is 4. The van der Waals surface area contributed by atoms with Gasteiger partial charge < -0.3 is 9.64 Å². The Balaban J connectivity index is 1.71. The second-order valence-corrected chi connectivity index (χ2v) is 7.28. The lowest BCUT2D eigenvalue weighted by molar-refractivity contribution is -0.131. The van der Waals surface area contributed by atoms with Crippen molar-refractivity contribution in [3.8, 4) is 0 Å². The SMILES string of the molecule is O=C1CC(CS)CN1CC1(N2CCOCC2)CCCCC1. The number of hydrogen-bond acceptors (Lipinski definition) is 4. The second-order valence-electron chi connectivity index (χ2n) is 6.91. The highest BCUT2D eigenvalue weighted by Crippen LogP contribution is 2.36. The normalized spacial score (nSPS) is 30.8. The molecular formula is C16H28N2O2S. The van der Waals surface area contributed by atoms with Gasteiger partial charge in [0.1, 0.15) is 0 Å².